The van der Waals surface area contributed by atoms with Gasteiger partial charge in [0, 0.05) is 40.7 Å². The van der Waals surface area contributed by atoms with Crippen molar-refractivity contribution in [3.05, 3.63) is 63.0 Å². The number of aromatic nitrogens is 3. The van der Waals surface area contributed by atoms with Crippen LogP contribution in [0.15, 0.2) is 29.3 Å². The van der Waals surface area contributed by atoms with Gasteiger partial charge in [-0.25, -0.2) is 0 Å². The Morgan fingerprint density at radius 2 is 1.80 bits per heavy atom. The Bertz CT molecular complexity index is 1330. The van der Waals surface area contributed by atoms with Crippen molar-refractivity contribution in [1.82, 2.24) is 19.7 Å². The third-order valence-electron chi connectivity index (χ3n) is 6.84. The van der Waals surface area contributed by atoms with E-state index in [4.69, 9.17) is 10.7 Å². The molecule has 1 fully saturated rings. The van der Waals surface area contributed by atoms with Crippen LogP contribution in [0.4, 0.5) is 0 Å². The molecule has 2 aliphatic heterocycles. The minimum Gasteiger partial charge on any atom is -0.481 e. The van der Waals surface area contributed by atoms with Crippen molar-refractivity contribution in [1.29, 1.82) is 0 Å². The van der Waals surface area contributed by atoms with Crippen LogP contribution >= 0.6 is 11.3 Å². The number of hydrogen-bond acceptors (Lipinski definition) is 7. The van der Waals surface area contributed by atoms with Gasteiger partial charge < -0.3 is 15.7 Å². The first-order valence-electron chi connectivity index (χ1n) is 11.7. The van der Waals surface area contributed by atoms with E-state index in [0.29, 0.717) is 36.0 Å². The number of aryl methyl sites for hydroxylation is 2. The Morgan fingerprint density at radius 3 is 2.46 bits per heavy atom. The zero-order valence-corrected chi connectivity index (χ0v) is 20.8. The first kappa shape index (κ1) is 23.4. The molecule has 1 aromatic carbocycles. The molecule has 0 aliphatic carbocycles. The SMILES string of the molecule is Cc1sc2c(c1C)C(c1ccc(C(=O)N3CCC(N)CC3)cc1)=N[C@@H](CC(=O)O)c1nnc(C)n1-2. The standard InChI is InChI=1S/C25H28N6O3S/c1-13-14(2)35-25-21(13)22(27-19(12-20(32)33)23-29-28-15(3)31(23)25)16-4-6-17(7-5-16)24(34)30-10-8-18(26)9-11-30/h4-7,18-19H,8-12,26H2,1-3H3,(H,32,33)/t19-/m0/s1. The highest BCUT2D eigenvalue weighted by Gasteiger charge is 2.32. The Hall–Kier alpha value is -3.37. The predicted octanol–water partition coefficient (Wildman–Crippen LogP) is 3.18. The largest absolute Gasteiger partial charge is 0.481 e. The Morgan fingerprint density at radius 1 is 1.11 bits per heavy atom. The highest BCUT2D eigenvalue weighted by atomic mass is 32.1. The smallest absolute Gasteiger partial charge is 0.306 e. The number of piperidine rings is 1. The van der Waals surface area contributed by atoms with E-state index in [1.54, 1.807) is 11.3 Å². The predicted molar refractivity (Wildman–Crippen MR) is 134 cm³/mol. The minimum atomic E-state index is -0.953. The second-order valence-corrected chi connectivity index (χ2v) is 10.4. The van der Waals surface area contributed by atoms with Gasteiger partial charge in [-0.2, -0.15) is 0 Å². The van der Waals surface area contributed by atoms with Crippen LogP contribution in [-0.2, 0) is 4.79 Å². The number of carbonyl (C=O) groups is 2. The molecular weight excluding hydrogens is 464 g/mol. The van der Waals surface area contributed by atoms with E-state index in [9.17, 15) is 14.7 Å². The van der Waals surface area contributed by atoms with Crippen molar-refractivity contribution in [2.45, 2.75) is 52.1 Å². The normalized spacial score (nSPS) is 18.0. The van der Waals surface area contributed by atoms with Crippen LogP contribution < -0.4 is 5.73 Å². The summed E-state index contributed by atoms with van der Waals surface area (Å²) >= 11 is 1.62. The molecular formula is C25H28N6O3S. The summed E-state index contributed by atoms with van der Waals surface area (Å²) < 4.78 is 1.93. The summed E-state index contributed by atoms with van der Waals surface area (Å²) in [4.78, 5) is 32.6. The number of fused-ring (bicyclic) bond motifs is 3. The Kier molecular flexibility index (Phi) is 6.02. The van der Waals surface area contributed by atoms with Crippen LogP contribution in [0.3, 0.4) is 0 Å². The number of aliphatic imine (C=N–C) groups is 1. The summed E-state index contributed by atoms with van der Waals surface area (Å²) in [6.45, 7) is 7.31. The van der Waals surface area contributed by atoms with Gasteiger partial charge in [0.05, 0.1) is 12.1 Å². The van der Waals surface area contributed by atoms with Crippen molar-refractivity contribution in [3.8, 4) is 5.00 Å². The third-order valence-corrected chi connectivity index (χ3v) is 8.03. The van der Waals surface area contributed by atoms with Crippen molar-refractivity contribution < 1.29 is 14.7 Å². The van der Waals surface area contributed by atoms with Crippen molar-refractivity contribution in [2.24, 2.45) is 10.7 Å². The van der Waals surface area contributed by atoms with E-state index in [2.05, 4.69) is 24.0 Å². The van der Waals surface area contributed by atoms with Gasteiger partial charge in [0.15, 0.2) is 5.82 Å². The molecule has 4 heterocycles. The zero-order valence-electron chi connectivity index (χ0n) is 20.0. The van der Waals surface area contributed by atoms with E-state index in [-0.39, 0.29) is 18.4 Å². The molecule has 1 amide bonds. The van der Waals surface area contributed by atoms with Crippen molar-refractivity contribution >= 4 is 28.9 Å². The maximum absolute atomic E-state index is 13.0. The van der Waals surface area contributed by atoms with Crippen molar-refractivity contribution in [3.63, 3.8) is 0 Å². The van der Waals surface area contributed by atoms with E-state index >= 15 is 0 Å². The summed E-state index contributed by atoms with van der Waals surface area (Å²) in [5.41, 5.74) is 10.2. The average molecular weight is 493 g/mol. The topological polar surface area (TPSA) is 127 Å². The fourth-order valence-corrected chi connectivity index (χ4v) is 5.96. The number of nitrogens with two attached hydrogens (primary N) is 1. The van der Waals surface area contributed by atoms with Crippen LogP contribution in [0.5, 0.6) is 0 Å². The van der Waals surface area contributed by atoms with Gasteiger partial charge in [-0.3, -0.25) is 19.1 Å². The number of carbonyl (C=O) groups excluding carboxylic acids is 1. The lowest BCUT2D eigenvalue weighted by molar-refractivity contribution is -0.137. The molecule has 0 saturated carbocycles. The summed E-state index contributed by atoms with van der Waals surface area (Å²) in [6, 6.07) is 6.93. The monoisotopic (exact) mass is 492 g/mol. The number of benzene rings is 1. The molecule has 3 N–H and O–H groups in total. The van der Waals surface area contributed by atoms with Crippen molar-refractivity contribution in [2.75, 3.05) is 13.1 Å². The van der Waals surface area contributed by atoms with E-state index in [1.807, 2.05) is 40.7 Å². The number of nitrogens with zero attached hydrogens (tertiary/aromatic N) is 5. The number of carboxylic acids is 1. The molecule has 0 spiro atoms. The molecule has 0 bridgehead atoms. The maximum Gasteiger partial charge on any atom is 0.306 e. The highest BCUT2D eigenvalue weighted by molar-refractivity contribution is 7.15. The quantitative estimate of drug-likeness (QED) is 0.576. The van der Waals surface area contributed by atoms with Crippen LogP contribution in [0.1, 0.15) is 68.9 Å². The molecule has 1 atom stereocenters. The van der Waals surface area contributed by atoms with E-state index in [0.717, 1.165) is 39.4 Å². The van der Waals surface area contributed by atoms with E-state index in [1.165, 1.54) is 0 Å². The maximum atomic E-state index is 13.0. The summed E-state index contributed by atoms with van der Waals surface area (Å²) in [6.07, 6.45) is 1.44. The Balaban J connectivity index is 1.57. The molecule has 5 rings (SSSR count). The number of hydrogen-bond donors (Lipinski definition) is 2. The van der Waals surface area contributed by atoms with Crippen LogP contribution in [0.25, 0.3) is 5.00 Å². The zero-order chi connectivity index (χ0) is 24.9. The van der Waals surface area contributed by atoms with Gasteiger partial charge in [0.2, 0.25) is 0 Å². The van der Waals surface area contributed by atoms with Gasteiger partial charge >= 0.3 is 5.97 Å². The van der Waals surface area contributed by atoms with Gasteiger partial charge in [-0.15, -0.1) is 21.5 Å². The highest BCUT2D eigenvalue weighted by Crippen LogP contribution is 2.39. The molecule has 2 aromatic heterocycles. The van der Waals surface area contributed by atoms with Gasteiger partial charge in [0.1, 0.15) is 16.9 Å². The fourth-order valence-electron chi connectivity index (χ4n) is 4.75. The lowest BCUT2D eigenvalue weighted by Crippen LogP contribution is -2.42. The molecule has 0 unspecified atom stereocenters. The molecule has 9 nitrogen and oxygen atoms in total. The van der Waals surface area contributed by atoms with Crippen LogP contribution in [0, 0.1) is 20.8 Å². The average Bonchev–Trinajstić information content (AvgIpc) is 3.31. The van der Waals surface area contributed by atoms with Gasteiger partial charge in [-0.1, -0.05) is 12.1 Å². The van der Waals surface area contributed by atoms with Gasteiger partial charge in [-0.05, 0) is 51.3 Å². The van der Waals surface area contributed by atoms with Gasteiger partial charge in [0.25, 0.3) is 5.91 Å². The van der Waals surface area contributed by atoms with Crippen LogP contribution in [-0.4, -0.2) is 61.5 Å². The number of thiophene rings is 1. The molecule has 2 aliphatic rings. The lowest BCUT2D eigenvalue weighted by atomic mass is 9.98. The second kappa shape index (κ2) is 9.01. The minimum absolute atomic E-state index is 0.0000846. The second-order valence-electron chi connectivity index (χ2n) is 9.20. The first-order valence-corrected chi connectivity index (χ1v) is 12.5. The number of aliphatic carboxylic acids is 1. The van der Waals surface area contributed by atoms with E-state index < -0.39 is 12.0 Å². The number of likely N-dealkylation sites (tertiary alicyclic amines) is 1. The number of rotatable bonds is 4. The molecule has 1 saturated heterocycles. The fraction of sp³-hybridized carbons (Fsp3) is 0.400. The molecule has 35 heavy (non-hydrogen) atoms. The third kappa shape index (κ3) is 4.17. The molecule has 0 radical (unpaired) electrons. The summed E-state index contributed by atoms with van der Waals surface area (Å²) in [7, 11) is 0. The molecule has 3 aromatic rings. The Labute approximate surface area is 207 Å². The first-order chi connectivity index (χ1) is 16.7. The lowest BCUT2D eigenvalue weighted by Gasteiger charge is -2.30. The number of amides is 1. The number of carboxylic acid groups (broad SMARTS) is 1. The molecule has 182 valence electrons. The summed E-state index contributed by atoms with van der Waals surface area (Å²) in [5, 5.41) is 19.0. The summed E-state index contributed by atoms with van der Waals surface area (Å²) in [5.74, 6) is 0.264. The van der Waals surface area contributed by atoms with Crippen LogP contribution in [0.2, 0.25) is 0 Å². The molecule has 10 heteroatoms.